The van der Waals surface area contributed by atoms with Gasteiger partial charge in [-0.2, -0.15) is 0 Å². The van der Waals surface area contributed by atoms with Gasteiger partial charge in [0.2, 0.25) is 5.91 Å². The second-order valence-corrected chi connectivity index (χ2v) is 18.6. The SMILES string of the molecule is C=C(C)C(=O)CCOC(=O)C1CC(C2CC(C(=O)OCCOC(=O)C(=C)C)C(C(=O)NC3CCC(C4CCC(NC)CC4C)C(C)C3)CC2C)C(C)CC1C(C)=O. The van der Waals surface area contributed by atoms with Crippen molar-refractivity contribution in [1.29, 1.82) is 0 Å². The average Bonchev–Trinajstić information content (AvgIpc) is 3.16. The molecule has 0 spiro atoms. The van der Waals surface area contributed by atoms with E-state index < -0.39 is 41.6 Å². The van der Waals surface area contributed by atoms with Gasteiger partial charge in [-0.15, -0.1) is 0 Å². The summed E-state index contributed by atoms with van der Waals surface area (Å²) < 4.78 is 16.5. The van der Waals surface area contributed by atoms with Gasteiger partial charge in [0.15, 0.2) is 5.78 Å². The van der Waals surface area contributed by atoms with Gasteiger partial charge in [-0.05, 0) is 145 Å². The lowest BCUT2D eigenvalue weighted by Crippen LogP contribution is -2.51. The predicted molar refractivity (Wildman–Crippen MR) is 218 cm³/mol. The van der Waals surface area contributed by atoms with Crippen molar-refractivity contribution in [1.82, 2.24) is 10.6 Å². The summed E-state index contributed by atoms with van der Waals surface area (Å²) in [6.07, 6.45) is 8.42. The Morgan fingerprint density at radius 3 is 1.53 bits per heavy atom. The molecule has 4 aliphatic carbocycles. The molecule has 2 N–H and O–H groups in total. The molecule has 4 aliphatic rings. The first-order chi connectivity index (χ1) is 26.9. The number of allylic oxidation sites excluding steroid dienone is 1. The Kier molecular flexibility index (Phi) is 17.1. The molecule has 57 heavy (non-hydrogen) atoms. The van der Waals surface area contributed by atoms with Crippen LogP contribution in [-0.4, -0.2) is 74.3 Å². The Morgan fingerprint density at radius 1 is 0.544 bits per heavy atom. The Labute approximate surface area is 341 Å². The number of hydrogen-bond donors (Lipinski definition) is 2. The minimum absolute atomic E-state index is 0.0114. The number of ether oxygens (including phenoxy) is 3. The molecule has 4 fully saturated rings. The molecule has 0 saturated heterocycles. The summed E-state index contributed by atoms with van der Waals surface area (Å²) in [7, 11) is 2.06. The van der Waals surface area contributed by atoms with Gasteiger partial charge in [0.1, 0.15) is 19.0 Å². The summed E-state index contributed by atoms with van der Waals surface area (Å²) in [5.74, 6) is -1.79. The molecule has 0 bridgehead atoms. The summed E-state index contributed by atoms with van der Waals surface area (Å²) in [5, 5.41) is 6.85. The largest absolute Gasteiger partial charge is 0.465 e. The topological polar surface area (TPSA) is 154 Å². The van der Waals surface area contributed by atoms with Gasteiger partial charge in [-0.25, -0.2) is 4.79 Å². The highest BCUT2D eigenvalue weighted by Gasteiger charge is 2.51. The summed E-state index contributed by atoms with van der Waals surface area (Å²) >= 11 is 0. The fraction of sp³-hybridized carbons (Fsp3) is 0.783. The van der Waals surface area contributed by atoms with Crippen molar-refractivity contribution in [2.24, 2.45) is 71.0 Å². The van der Waals surface area contributed by atoms with E-state index in [2.05, 4.69) is 58.5 Å². The molecule has 0 heterocycles. The number of hydrogen-bond acceptors (Lipinski definition) is 10. The van der Waals surface area contributed by atoms with Crippen molar-refractivity contribution in [3.8, 4) is 0 Å². The molecule has 4 rings (SSSR count). The highest BCUT2D eigenvalue weighted by molar-refractivity contribution is 5.94. The Hall–Kier alpha value is -3.34. The second kappa shape index (κ2) is 21.1. The van der Waals surface area contributed by atoms with Crippen LogP contribution < -0.4 is 10.6 Å². The van der Waals surface area contributed by atoms with Crippen LogP contribution in [0.3, 0.4) is 0 Å². The number of ketones is 2. The third-order valence-corrected chi connectivity index (χ3v) is 14.5. The van der Waals surface area contributed by atoms with Gasteiger partial charge >= 0.3 is 17.9 Å². The number of carbonyl (C=O) groups excluding carboxylic acids is 6. The van der Waals surface area contributed by atoms with Crippen molar-refractivity contribution >= 4 is 35.4 Å². The molecule has 14 atom stereocenters. The van der Waals surface area contributed by atoms with E-state index in [0.717, 1.165) is 19.3 Å². The first-order valence-corrected chi connectivity index (χ1v) is 21.8. The Balaban J connectivity index is 1.48. The van der Waals surface area contributed by atoms with Crippen LogP contribution in [-0.2, 0) is 43.0 Å². The fourth-order valence-corrected chi connectivity index (χ4v) is 11.2. The maximum absolute atomic E-state index is 14.3. The average molecular weight is 797 g/mol. The predicted octanol–water partition coefficient (Wildman–Crippen LogP) is 6.82. The molecule has 0 aromatic carbocycles. The van der Waals surface area contributed by atoms with Crippen molar-refractivity contribution in [2.45, 2.75) is 131 Å². The van der Waals surface area contributed by atoms with Crippen molar-refractivity contribution in [3.05, 3.63) is 24.3 Å². The van der Waals surface area contributed by atoms with E-state index in [1.807, 2.05) is 0 Å². The zero-order chi connectivity index (χ0) is 42.1. The van der Waals surface area contributed by atoms with Gasteiger partial charge in [0, 0.05) is 30.0 Å². The first-order valence-electron chi connectivity index (χ1n) is 21.8. The summed E-state index contributed by atoms with van der Waals surface area (Å²) in [6.45, 7) is 20.6. The maximum atomic E-state index is 14.3. The normalized spacial score (nSPS) is 35.6. The number of nitrogens with one attached hydrogen (secondary N) is 2. The van der Waals surface area contributed by atoms with Gasteiger partial charge in [0.25, 0.3) is 0 Å². The molecule has 4 saturated carbocycles. The van der Waals surface area contributed by atoms with Gasteiger partial charge in [-0.1, -0.05) is 40.9 Å². The minimum atomic E-state index is -0.726. The molecule has 0 aromatic heterocycles. The maximum Gasteiger partial charge on any atom is 0.333 e. The summed E-state index contributed by atoms with van der Waals surface area (Å²) in [4.78, 5) is 78.7. The first kappa shape index (κ1) is 46.4. The summed E-state index contributed by atoms with van der Waals surface area (Å²) in [5.41, 5.74) is 0.644. The third-order valence-electron chi connectivity index (χ3n) is 14.5. The molecule has 11 heteroatoms. The highest BCUT2D eigenvalue weighted by atomic mass is 16.6. The van der Waals surface area contributed by atoms with E-state index in [1.54, 1.807) is 13.8 Å². The molecular formula is C46H72N2O9. The summed E-state index contributed by atoms with van der Waals surface area (Å²) in [6, 6.07) is 0.635. The number of carbonyl (C=O) groups is 6. The van der Waals surface area contributed by atoms with Crippen molar-refractivity contribution in [2.75, 3.05) is 26.9 Å². The zero-order valence-corrected chi connectivity index (χ0v) is 36.1. The molecule has 14 unspecified atom stereocenters. The van der Waals surface area contributed by atoms with Crippen LogP contribution in [0.4, 0.5) is 0 Å². The van der Waals surface area contributed by atoms with Gasteiger partial charge in [-0.3, -0.25) is 24.0 Å². The van der Waals surface area contributed by atoms with Crippen LogP contribution in [0, 0.1) is 71.0 Å². The van der Waals surface area contributed by atoms with Crippen LogP contribution in [0.5, 0.6) is 0 Å². The molecule has 0 aliphatic heterocycles. The van der Waals surface area contributed by atoms with E-state index in [-0.39, 0.29) is 79.0 Å². The standard InChI is InChI=1S/C46H72N2O9/c1-25(2)42(50)15-16-55-45(53)40-23-36(29(7)21-38(40)31(9)49)37-24-41(46(54)57-18-17-56-44(52)26(3)4)39(22-30(37)8)43(51)48-33-12-14-35(28(6)20-33)34-13-11-32(47-10)19-27(34)5/h27-30,32-41,47H,1,3,11-24H2,2,4-10H3,(H,48,51). The Morgan fingerprint density at radius 2 is 1.02 bits per heavy atom. The van der Waals surface area contributed by atoms with Crippen LogP contribution in [0.2, 0.25) is 0 Å². The number of amides is 1. The molecule has 0 radical (unpaired) electrons. The highest BCUT2D eigenvalue weighted by Crippen LogP contribution is 2.51. The lowest BCUT2D eigenvalue weighted by Gasteiger charge is -2.48. The molecular weight excluding hydrogens is 725 g/mol. The van der Waals surface area contributed by atoms with Crippen LogP contribution in [0.25, 0.3) is 0 Å². The molecule has 0 aromatic rings. The lowest BCUT2D eigenvalue weighted by molar-refractivity contribution is -0.163. The monoisotopic (exact) mass is 797 g/mol. The van der Waals surface area contributed by atoms with E-state index in [0.29, 0.717) is 61.0 Å². The Bertz CT molecular complexity index is 1490. The quantitative estimate of drug-likeness (QED) is 0.0737. The van der Waals surface area contributed by atoms with E-state index >= 15 is 0 Å². The van der Waals surface area contributed by atoms with Crippen molar-refractivity contribution in [3.63, 3.8) is 0 Å². The molecule has 1 amide bonds. The molecule has 11 nitrogen and oxygen atoms in total. The van der Waals surface area contributed by atoms with Crippen LogP contribution >= 0.6 is 0 Å². The number of esters is 3. The number of rotatable bonds is 16. The van der Waals surface area contributed by atoms with E-state index in [9.17, 15) is 28.8 Å². The van der Waals surface area contributed by atoms with E-state index in [4.69, 9.17) is 14.2 Å². The van der Waals surface area contributed by atoms with Gasteiger partial charge in [0.05, 0.1) is 24.4 Å². The van der Waals surface area contributed by atoms with Crippen LogP contribution in [0.1, 0.15) is 119 Å². The second-order valence-electron chi connectivity index (χ2n) is 18.6. The molecule has 320 valence electrons. The van der Waals surface area contributed by atoms with Crippen LogP contribution in [0.15, 0.2) is 24.3 Å². The number of Topliss-reactive ketones (excluding diaryl/α,β-unsaturated/α-hetero) is 2. The van der Waals surface area contributed by atoms with E-state index in [1.165, 1.54) is 26.2 Å². The lowest BCUT2D eigenvalue weighted by atomic mass is 9.57. The van der Waals surface area contributed by atoms with Crippen molar-refractivity contribution < 1.29 is 43.0 Å². The zero-order valence-electron chi connectivity index (χ0n) is 36.1. The smallest absolute Gasteiger partial charge is 0.333 e. The third kappa shape index (κ3) is 12.1. The minimum Gasteiger partial charge on any atom is -0.465 e. The fourth-order valence-electron chi connectivity index (χ4n) is 11.2. The van der Waals surface area contributed by atoms with Gasteiger partial charge < -0.3 is 24.8 Å².